The standard InChI is InChI=1S/C16H34N2O2/c1-2-3-4-5-6-7-8-9-10-11-12-16(18-19)15-17-13-14-20-16/h17H,2-15,18H2,1H3. The van der Waals surface area contributed by atoms with Gasteiger partial charge in [0.15, 0.2) is 0 Å². The highest BCUT2D eigenvalue weighted by Gasteiger charge is 2.33. The van der Waals surface area contributed by atoms with Crippen LogP contribution in [0.1, 0.15) is 77.6 Å². The first-order valence-electron chi connectivity index (χ1n) is 8.64. The van der Waals surface area contributed by atoms with Crippen LogP contribution >= 0.6 is 0 Å². The van der Waals surface area contributed by atoms with Crippen LogP contribution in [-0.2, 0) is 4.74 Å². The Morgan fingerprint density at radius 3 is 2.10 bits per heavy atom. The molecule has 0 radical (unpaired) electrons. The van der Waals surface area contributed by atoms with E-state index in [1.54, 1.807) is 0 Å². The average Bonchev–Trinajstić information content (AvgIpc) is 2.50. The largest absolute Gasteiger partial charge is 0.634 e. The number of quaternary nitrogens is 1. The second-order valence-electron chi connectivity index (χ2n) is 6.14. The van der Waals surface area contributed by atoms with Crippen molar-refractivity contribution < 1.29 is 10.2 Å². The lowest BCUT2D eigenvalue weighted by Gasteiger charge is -2.36. The predicted octanol–water partition coefficient (Wildman–Crippen LogP) is 2.67. The third kappa shape index (κ3) is 7.58. The van der Waals surface area contributed by atoms with Gasteiger partial charge in [-0.3, -0.25) is 0 Å². The van der Waals surface area contributed by atoms with E-state index >= 15 is 0 Å². The zero-order valence-corrected chi connectivity index (χ0v) is 13.3. The van der Waals surface area contributed by atoms with Crippen LogP contribution in [0.5, 0.6) is 0 Å². The molecule has 1 aliphatic heterocycles. The zero-order valence-electron chi connectivity index (χ0n) is 13.3. The molecule has 1 aliphatic rings. The van der Waals surface area contributed by atoms with E-state index in [1.807, 2.05) is 0 Å². The number of unbranched alkanes of at least 4 members (excludes halogenated alkanes) is 9. The Hall–Kier alpha value is -0.160. The molecule has 0 spiro atoms. The monoisotopic (exact) mass is 286 g/mol. The number of ether oxygens (including phenoxy) is 1. The molecular weight excluding hydrogens is 252 g/mol. The van der Waals surface area contributed by atoms with E-state index in [0.717, 1.165) is 24.9 Å². The van der Waals surface area contributed by atoms with E-state index in [0.29, 0.717) is 13.2 Å². The Morgan fingerprint density at radius 2 is 1.60 bits per heavy atom. The molecule has 120 valence electrons. The van der Waals surface area contributed by atoms with E-state index in [2.05, 4.69) is 12.2 Å². The van der Waals surface area contributed by atoms with E-state index in [4.69, 9.17) is 4.74 Å². The number of rotatable bonds is 12. The summed E-state index contributed by atoms with van der Waals surface area (Å²) < 4.78 is 5.67. The highest BCUT2D eigenvalue weighted by molar-refractivity contribution is 4.74. The van der Waals surface area contributed by atoms with Crippen molar-refractivity contribution in [3.63, 3.8) is 0 Å². The minimum Gasteiger partial charge on any atom is -0.634 e. The van der Waals surface area contributed by atoms with Gasteiger partial charge in [-0.15, -0.1) is 0 Å². The summed E-state index contributed by atoms with van der Waals surface area (Å²) in [6.07, 6.45) is 14.2. The van der Waals surface area contributed by atoms with Crippen LogP contribution in [0.15, 0.2) is 0 Å². The molecule has 1 heterocycles. The topological polar surface area (TPSA) is 60.9 Å². The highest BCUT2D eigenvalue weighted by Crippen LogP contribution is 2.16. The van der Waals surface area contributed by atoms with Crippen molar-refractivity contribution >= 4 is 0 Å². The Kier molecular flexibility index (Phi) is 10.3. The molecule has 0 aromatic rings. The van der Waals surface area contributed by atoms with Crippen LogP contribution in [0.4, 0.5) is 0 Å². The van der Waals surface area contributed by atoms with Gasteiger partial charge in [0.2, 0.25) is 5.72 Å². The fourth-order valence-corrected chi connectivity index (χ4v) is 2.88. The maximum Gasteiger partial charge on any atom is 0.212 e. The van der Waals surface area contributed by atoms with Gasteiger partial charge < -0.3 is 20.7 Å². The summed E-state index contributed by atoms with van der Waals surface area (Å²) in [7, 11) is 0. The van der Waals surface area contributed by atoms with Gasteiger partial charge in [-0.05, 0) is 6.42 Å². The molecule has 0 aromatic carbocycles. The van der Waals surface area contributed by atoms with Crippen LogP contribution in [0.25, 0.3) is 0 Å². The normalized spacial score (nSPS) is 23.1. The molecule has 1 unspecified atom stereocenters. The molecule has 3 N–H and O–H groups in total. The van der Waals surface area contributed by atoms with Crippen molar-refractivity contribution in [1.29, 1.82) is 0 Å². The van der Waals surface area contributed by atoms with Crippen LogP contribution in [0.3, 0.4) is 0 Å². The fraction of sp³-hybridized carbons (Fsp3) is 1.00. The van der Waals surface area contributed by atoms with Crippen molar-refractivity contribution in [2.75, 3.05) is 19.7 Å². The first-order chi connectivity index (χ1) is 9.83. The third-order valence-electron chi connectivity index (χ3n) is 4.26. The number of hydrogen-bond acceptors (Lipinski definition) is 3. The van der Waals surface area contributed by atoms with Gasteiger partial charge >= 0.3 is 0 Å². The van der Waals surface area contributed by atoms with Crippen molar-refractivity contribution in [1.82, 2.24) is 5.32 Å². The Labute approximate surface area is 124 Å². The van der Waals surface area contributed by atoms with Crippen molar-refractivity contribution in [2.24, 2.45) is 0 Å². The number of hydroxylamine groups is 1. The second-order valence-corrected chi connectivity index (χ2v) is 6.14. The molecule has 1 fully saturated rings. The molecule has 0 aromatic heterocycles. The van der Waals surface area contributed by atoms with Gasteiger partial charge in [0.05, 0.1) is 13.2 Å². The highest BCUT2D eigenvalue weighted by atomic mass is 16.6. The van der Waals surface area contributed by atoms with Gasteiger partial charge in [-0.2, -0.15) is 0 Å². The van der Waals surface area contributed by atoms with E-state index in [9.17, 15) is 5.21 Å². The fourth-order valence-electron chi connectivity index (χ4n) is 2.88. The van der Waals surface area contributed by atoms with Crippen LogP contribution in [0.2, 0.25) is 0 Å². The van der Waals surface area contributed by atoms with Gasteiger partial charge in [0, 0.05) is 13.0 Å². The van der Waals surface area contributed by atoms with Crippen LogP contribution in [0, 0.1) is 5.21 Å². The third-order valence-corrected chi connectivity index (χ3v) is 4.26. The smallest absolute Gasteiger partial charge is 0.212 e. The van der Waals surface area contributed by atoms with E-state index in [-0.39, 0.29) is 0 Å². The first-order valence-corrected chi connectivity index (χ1v) is 8.64. The molecule has 4 heteroatoms. The molecule has 1 saturated heterocycles. The Balaban J connectivity index is 1.91. The van der Waals surface area contributed by atoms with Crippen LogP contribution < -0.4 is 10.8 Å². The number of morpholine rings is 1. The van der Waals surface area contributed by atoms with Gasteiger partial charge in [0.25, 0.3) is 0 Å². The average molecular weight is 286 g/mol. The SMILES string of the molecule is CCCCCCCCCCCCC1([NH2+][O-])CNCCO1. The molecule has 1 rings (SSSR count). The van der Waals surface area contributed by atoms with E-state index < -0.39 is 5.72 Å². The number of hydrogen-bond donors (Lipinski definition) is 2. The van der Waals surface area contributed by atoms with E-state index in [1.165, 1.54) is 57.8 Å². The van der Waals surface area contributed by atoms with Gasteiger partial charge in [-0.1, -0.05) is 64.7 Å². The Morgan fingerprint density at radius 1 is 1.00 bits per heavy atom. The lowest BCUT2D eigenvalue weighted by atomic mass is 10.0. The molecule has 0 aliphatic carbocycles. The summed E-state index contributed by atoms with van der Waals surface area (Å²) >= 11 is 0. The molecule has 20 heavy (non-hydrogen) atoms. The molecule has 4 nitrogen and oxygen atoms in total. The molecule has 0 saturated carbocycles. The Bertz CT molecular complexity index is 219. The number of nitrogens with one attached hydrogen (secondary N) is 1. The minimum absolute atomic E-state index is 0.529. The molecular formula is C16H34N2O2. The molecule has 0 amide bonds. The first kappa shape index (κ1) is 17.9. The van der Waals surface area contributed by atoms with Gasteiger partial charge in [0.1, 0.15) is 0 Å². The summed E-state index contributed by atoms with van der Waals surface area (Å²) in [4.78, 5) is 0. The minimum atomic E-state index is -0.529. The number of nitrogens with two attached hydrogens (primary N) is 1. The maximum atomic E-state index is 11.2. The summed E-state index contributed by atoms with van der Waals surface area (Å²) in [6.45, 7) is 4.48. The summed E-state index contributed by atoms with van der Waals surface area (Å²) in [5.74, 6) is 0. The lowest BCUT2D eigenvalue weighted by molar-refractivity contribution is -0.721. The summed E-state index contributed by atoms with van der Waals surface area (Å²) in [5, 5.41) is 14.5. The summed E-state index contributed by atoms with van der Waals surface area (Å²) in [5.41, 5.74) is 0.477. The molecule has 0 bridgehead atoms. The van der Waals surface area contributed by atoms with Crippen molar-refractivity contribution in [3.8, 4) is 0 Å². The van der Waals surface area contributed by atoms with Crippen molar-refractivity contribution in [3.05, 3.63) is 5.21 Å². The lowest BCUT2D eigenvalue weighted by Crippen LogP contribution is -2.95. The quantitative estimate of drug-likeness (QED) is 0.428. The van der Waals surface area contributed by atoms with Crippen LogP contribution in [-0.4, -0.2) is 25.4 Å². The van der Waals surface area contributed by atoms with Crippen molar-refractivity contribution in [2.45, 2.75) is 83.3 Å². The zero-order chi connectivity index (χ0) is 14.5. The molecule has 1 atom stereocenters. The predicted molar refractivity (Wildman–Crippen MR) is 83.3 cm³/mol. The van der Waals surface area contributed by atoms with Gasteiger partial charge in [-0.25, -0.2) is 0 Å². The second kappa shape index (κ2) is 11.5. The summed E-state index contributed by atoms with van der Waals surface area (Å²) in [6, 6.07) is 0. The maximum absolute atomic E-state index is 11.2.